The molecule has 0 unspecified atom stereocenters. The maximum atomic E-state index is 10.8. The fraction of sp³-hybridized carbons (Fsp3) is 0.273. The molecule has 15 heavy (non-hydrogen) atoms. The topological polar surface area (TPSA) is 56.3 Å². The molecule has 4 heteroatoms. The molecular formula is C11H9NO3. The lowest BCUT2D eigenvalue weighted by molar-refractivity contribution is -0.383. The van der Waals surface area contributed by atoms with E-state index < -0.39 is 0 Å². The van der Waals surface area contributed by atoms with Gasteiger partial charge < -0.3 is 4.42 Å². The number of rotatable bonds is 1. The maximum absolute atomic E-state index is 10.8. The molecule has 0 amide bonds. The Kier molecular flexibility index (Phi) is 1.59. The normalized spacial score (nSPS) is 14.4. The van der Waals surface area contributed by atoms with Crippen molar-refractivity contribution in [2.24, 2.45) is 0 Å². The molecule has 0 N–H and O–H groups in total. The first-order valence-electron chi connectivity index (χ1n) is 4.95. The van der Waals surface area contributed by atoms with Crippen molar-refractivity contribution < 1.29 is 9.34 Å². The highest BCUT2D eigenvalue weighted by atomic mass is 16.6. The molecule has 1 aromatic heterocycles. The summed E-state index contributed by atoms with van der Waals surface area (Å²) in [5.74, 6) is 0.930. The third-order valence-corrected chi connectivity index (χ3v) is 2.91. The molecule has 1 aliphatic rings. The Morgan fingerprint density at radius 3 is 3.00 bits per heavy atom. The number of benzene rings is 1. The van der Waals surface area contributed by atoms with Crippen molar-refractivity contribution in [1.29, 1.82) is 0 Å². The van der Waals surface area contributed by atoms with Crippen LogP contribution in [-0.4, -0.2) is 4.92 Å². The molecule has 3 rings (SSSR count). The van der Waals surface area contributed by atoms with E-state index >= 15 is 0 Å². The molecule has 0 atom stereocenters. The Bertz CT molecular complexity index is 556. The first-order valence-corrected chi connectivity index (χ1v) is 4.95. The summed E-state index contributed by atoms with van der Waals surface area (Å²) in [6.45, 7) is 0. The summed E-state index contributed by atoms with van der Waals surface area (Å²) in [5.41, 5.74) is 1.67. The molecular weight excluding hydrogens is 194 g/mol. The highest BCUT2D eigenvalue weighted by Crippen LogP contribution is 2.36. The molecule has 0 radical (unpaired) electrons. The minimum atomic E-state index is -0.388. The number of para-hydroxylation sites is 1. The number of nitro benzene ring substituents is 1. The predicted octanol–water partition coefficient (Wildman–Crippen LogP) is 2.83. The summed E-state index contributed by atoms with van der Waals surface area (Å²) in [6.07, 6.45) is 2.97. The Labute approximate surface area is 85.6 Å². The van der Waals surface area contributed by atoms with Gasteiger partial charge in [-0.15, -0.1) is 0 Å². The minimum Gasteiger partial charge on any atom is -0.454 e. The van der Waals surface area contributed by atoms with Crippen molar-refractivity contribution in [3.8, 4) is 0 Å². The van der Waals surface area contributed by atoms with Gasteiger partial charge in [0.05, 0.1) is 4.92 Å². The van der Waals surface area contributed by atoms with Crippen molar-refractivity contribution >= 4 is 16.7 Å². The van der Waals surface area contributed by atoms with Gasteiger partial charge in [0, 0.05) is 23.4 Å². The monoisotopic (exact) mass is 203 g/mol. The SMILES string of the molecule is O=[N+]([O-])c1cccc2c3c(oc12)CCC3. The van der Waals surface area contributed by atoms with Gasteiger partial charge in [-0.3, -0.25) is 10.1 Å². The van der Waals surface area contributed by atoms with Crippen LogP contribution >= 0.6 is 0 Å². The van der Waals surface area contributed by atoms with E-state index in [1.54, 1.807) is 6.07 Å². The molecule has 0 saturated heterocycles. The molecule has 1 aromatic carbocycles. The van der Waals surface area contributed by atoms with Crippen LogP contribution in [0.4, 0.5) is 5.69 Å². The molecule has 1 aliphatic carbocycles. The zero-order chi connectivity index (χ0) is 10.4. The molecule has 1 heterocycles. The van der Waals surface area contributed by atoms with Gasteiger partial charge in [0.15, 0.2) is 0 Å². The fourth-order valence-electron chi connectivity index (χ4n) is 2.25. The lowest BCUT2D eigenvalue weighted by atomic mass is 10.1. The second-order valence-electron chi connectivity index (χ2n) is 3.77. The predicted molar refractivity (Wildman–Crippen MR) is 54.9 cm³/mol. The lowest BCUT2D eigenvalue weighted by Crippen LogP contribution is -1.87. The van der Waals surface area contributed by atoms with Crippen LogP contribution in [0.5, 0.6) is 0 Å². The van der Waals surface area contributed by atoms with Gasteiger partial charge in [-0.25, -0.2) is 0 Å². The number of non-ortho nitro benzene ring substituents is 1. The summed E-state index contributed by atoms with van der Waals surface area (Å²) in [4.78, 5) is 10.4. The second-order valence-corrected chi connectivity index (χ2v) is 3.77. The van der Waals surface area contributed by atoms with Gasteiger partial charge in [0.25, 0.3) is 0 Å². The third kappa shape index (κ3) is 1.08. The van der Waals surface area contributed by atoms with E-state index in [0.717, 1.165) is 36.0 Å². The fourth-order valence-corrected chi connectivity index (χ4v) is 2.25. The summed E-state index contributed by atoms with van der Waals surface area (Å²) in [6, 6.07) is 5.10. The molecule has 0 saturated carbocycles. The van der Waals surface area contributed by atoms with E-state index in [2.05, 4.69) is 0 Å². The number of aryl methyl sites for hydroxylation is 2. The number of nitrogens with zero attached hydrogens (tertiary/aromatic N) is 1. The van der Waals surface area contributed by atoms with Gasteiger partial charge in [0.1, 0.15) is 5.76 Å². The largest absolute Gasteiger partial charge is 0.454 e. The van der Waals surface area contributed by atoms with E-state index in [4.69, 9.17) is 4.42 Å². The summed E-state index contributed by atoms with van der Waals surface area (Å²) < 4.78 is 5.56. The number of hydrogen-bond donors (Lipinski definition) is 0. The zero-order valence-corrected chi connectivity index (χ0v) is 8.03. The maximum Gasteiger partial charge on any atom is 0.312 e. The average Bonchev–Trinajstić information content (AvgIpc) is 2.75. The van der Waals surface area contributed by atoms with E-state index in [-0.39, 0.29) is 10.6 Å². The highest BCUT2D eigenvalue weighted by Gasteiger charge is 2.24. The number of nitro groups is 1. The van der Waals surface area contributed by atoms with Gasteiger partial charge in [0.2, 0.25) is 5.58 Å². The van der Waals surface area contributed by atoms with Gasteiger partial charge >= 0.3 is 5.69 Å². The quantitative estimate of drug-likeness (QED) is 0.529. The minimum absolute atomic E-state index is 0.0712. The van der Waals surface area contributed by atoms with Crippen LogP contribution in [0.1, 0.15) is 17.7 Å². The van der Waals surface area contributed by atoms with Crippen LogP contribution in [0.25, 0.3) is 11.0 Å². The first kappa shape index (κ1) is 8.47. The van der Waals surface area contributed by atoms with Crippen LogP contribution < -0.4 is 0 Å². The van der Waals surface area contributed by atoms with Crippen LogP contribution in [0.2, 0.25) is 0 Å². The van der Waals surface area contributed by atoms with Crippen molar-refractivity contribution in [3.05, 3.63) is 39.6 Å². The van der Waals surface area contributed by atoms with Crippen molar-refractivity contribution in [3.63, 3.8) is 0 Å². The van der Waals surface area contributed by atoms with Gasteiger partial charge in [-0.2, -0.15) is 0 Å². The Hall–Kier alpha value is -1.84. The van der Waals surface area contributed by atoms with E-state index in [1.807, 2.05) is 6.07 Å². The summed E-state index contributed by atoms with van der Waals surface area (Å²) >= 11 is 0. The molecule has 4 nitrogen and oxygen atoms in total. The standard InChI is InChI=1S/C11H9NO3/c13-12(14)9-5-1-4-8-7-3-2-6-10(7)15-11(8)9/h1,4-5H,2-3,6H2. The molecule has 0 spiro atoms. The van der Waals surface area contributed by atoms with Crippen molar-refractivity contribution in [2.75, 3.05) is 0 Å². The van der Waals surface area contributed by atoms with Gasteiger partial charge in [-0.05, 0) is 12.8 Å². The molecule has 0 fully saturated rings. The van der Waals surface area contributed by atoms with Crippen molar-refractivity contribution in [1.82, 2.24) is 0 Å². The van der Waals surface area contributed by atoms with Gasteiger partial charge in [-0.1, -0.05) is 12.1 Å². The average molecular weight is 203 g/mol. The smallest absolute Gasteiger partial charge is 0.312 e. The van der Waals surface area contributed by atoms with Crippen LogP contribution in [0, 0.1) is 10.1 Å². The summed E-state index contributed by atoms with van der Waals surface area (Å²) in [5, 5.41) is 11.7. The number of fused-ring (bicyclic) bond motifs is 3. The first-order chi connectivity index (χ1) is 7.27. The molecule has 76 valence electrons. The summed E-state index contributed by atoms with van der Waals surface area (Å²) in [7, 11) is 0. The Morgan fingerprint density at radius 2 is 2.20 bits per heavy atom. The van der Waals surface area contributed by atoms with E-state index in [0.29, 0.717) is 5.58 Å². The number of furan rings is 1. The molecule has 2 aromatic rings. The van der Waals surface area contributed by atoms with E-state index in [1.165, 1.54) is 6.07 Å². The molecule has 0 bridgehead atoms. The van der Waals surface area contributed by atoms with E-state index in [9.17, 15) is 10.1 Å². The second kappa shape index (κ2) is 2.82. The van der Waals surface area contributed by atoms with Crippen LogP contribution in [-0.2, 0) is 12.8 Å². The highest BCUT2D eigenvalue weighted by molar-refractivity contribution is 5.89. The zero-order valence-electron chi connectivity index (χ0n) is 8.03. The van der Waals surface area contributed by atoms with Crippen LogP contribution in [0.15, 0.2) is 22.6 Å². The number of hydrogen-bond acceptors (Lipinski definition) is 3. The Morgan fingerprint density at radius 1 is 1.33 bits per heavy atom. The Balaban J connectivity index is 2.37. The van der Waals surface area contributed by atoms with Crippen LogP contribution in [0.3, 0.4) is 0 Å². The lowest BCUT2D eigenvalue weighted by Gasteiger charge is -1.93. The third-order valence-electron chi connectivity index (χ3n) is 2.91. The van der Waals surface area contributed by atoms with Crippen molar-refractivity contribution in [2.45, 2.75) is 19.3 Å². The molecule has 0 aliphatic heterocycles.